The largest absolute Gasteiger partial charge is 0.480 e. The monoisotopic (exact) mass is 234 g/mol. The van der Waals surface area contributed by atoms with E-state index in [4.69, 9.17) is 10.2 Å². The van der Waals surface area contributed by atoms with Crippen LogP contribution < -0.4 is 4.72 Å². The summed E-state index contributed by atoms with van der Waals surface area (Å²) in [6.07, 6.45) is 2.60. The molecule has 84 valence electrons. The molecule has 1 aromatic heterocycles. The van der Waals surface area contributed by atoms with Crippen molar-refractivity contribution < 1.29 is 23.4 Å². The van der Waals surface area contributed by atoms with Crippen LogP contribution in [0.4, 0.5) is 0 Å². The summed E-state index contributed by atoms with van der Waals surface area (Å²) >= 11 is 0. The fraction of sp³-hybridized carbons (Fsp3) is 0.286. The van der Waals surface area contributed by atoms with Crippen LogP contribution in [0.3, 0.4) is 0 Å². The van der Waals surface area contributed by atoms with Crippen LogP contribution in [-0.4, -0.2) is 42.2 Å². The molecule has 1 rings (SSSR count). The molecule has 0 bridgehead atoms. The van der Waals surface area contributed by atoms with Gasteiger partial charge in [-0.05, 0) is 6.07 Å². The van der Waals surface area contributed by atoms with Gasteiger partial charge >= 0.3 is 5.97 Å². The molecule has 0 aliphatic carbocycles. The van der Waals surface area contributed by atoms with Gasteiger partial charge in [-0.1, -0.05) is 0 Å². The van der Waals surface area contributed by atoms with E-state index in [0.29, 0.717) is 0 Å². The molecule has 0 amide bonds. The van der Waals surface area contributed by atoms with Crippen LogP contribution in [-0.2, 0) is 14.8 Å². The highest BCUT2D eigenvalue weighted by molar-refractivity contribution is 7.89. The smallest absolute Gasteiger partial charge is 0.324 e. The second-order valence-electron chi connectivity index (χ2n) is 2.74. The Balaban J connectivity index is 2.86. The SMILES string of the molecule is O=C(O)[C@@H](CO)NS(=O)(=O)c1cc[nH]c1. The molecule has 1 atom stereocenters. The molecule has 0 aliphatic rings. The van der Waals surface area contributed by atoms with Crippen molar-refractivity contribution in [2.24, 2.45) is 0 Å². The lowest BCUT2D eigenvalue weighted by Gasteiger charge is -2.10. The first kappa shape index (κ1) is 11.7. The summed E-state index contributed by atoms with van der Waals surface area (Å²) in [4.78, 5) is 12.9. The zero-order chi connectivity index (χ0) is 11.5. The number of nitrogens with one attached hydrogen (secondary N) is 2. The second kappa shape index (κ2) is 4.43. The molecule has 15 heavy (non-hydrogen) atoms. The molecule has 0 saturated heterocycles. The zero-order valence-electron chi connectivity index (χ0n) is 7.54. The van der Waals surface area contributed by atoms with Crippen molar-refractivity contribution in [2.75, 3.05) is 6.61 Å². The molecule has 0 aliphatic heterocycles. The third kappa shape index (κ3) is 2.78. The van der Waals surface area contributed by atoms with Crippen molar-refractivity contribution in [3.05, 3.63) is 18.5 Å². The van der Waals surface area contributed by atoms with E-state index in [1.165, 1.54) is 18.5 Å². The van der Waals surface area contributed by atoms with Crippen LogP contribution in [0.5, 0.6) is 0 Å². The molecule has 0 fully saturated rings. The topological polar surface area (TPSA) is 119 Å². The standard InChI is InChI=1S/C7H10N2O5S/c10-4-6(7(11)12)9-15(13,14)5-1-2-8-3-5/h1-3,6,8-10H,4H2,(H,11,12)/t6-/m1/s1. The van der Waals surface area contributed by atoms with Gasteiger partial charge in [0.25, 0.3) is 0 Å². The lowest BCUT2D eigenvalue weighted by atomic mass is 10.3. The van der Waals surface area contributed by atoms with Crippen molar-refractivity contribution in [1.82, 2.24) is 9.71 Å². The number of aliphatic hydroxyl groups excluding tert-OH is 1. The van der Waals surface area contributed by atoms with Crippen molar-refractivity contribution in [3.63, 3.8) is 0 Å². The van der Waals surface area contributed by atoms with E-state index in [1.54, 1.807) is 0 Å². The van der Waals surface area contributed by atoms with Crippen molar-refractivity contribution in [1.29, 1.82) is 0 Å². The van der Waals surface area contributed by atoms with Gasteiger partial charge in [0.1, 0.15) is 6.04 Å². The minimum atomic E-state index is -3.90. The van der Waals surface area contributed by atoms with E-state index in [2.05, 4.69) is 4.98 Å². The van der Waals surface area contributed by atoms with Crippen LogP contribution >= 0.6 is 0 Å². The van der Waals surface area contributed by atoms with Gasteiger partial charge < -0.3 is 15.2 Å². The first-order chi connectivity index (χ1) is 6.97. The van der Waals surface area contributed by atoms with E-state index in [0.717, 1.165) is 0 Å². The highest BCUT2D eigenvalue weighted by Crippen LogP contribution is 2.06. The Bertz CT molecular complexity index is 424. The van der Waals surface area contributed by atoms with E-state index in [9.17, 15) is 13.2 Å². The van der Waals surface area contributed by atoms with Crippen molar-refractivity contribution >= 4 is 16.0 Å². The number of aliphatic hydroxyl groups is 1. The number of carboxylic acid groups (broad SMARTS) is 1. The molecule has 1 heterocycles. The summed E-state index contributed by atoms with van der Waals surface area (Å²) in [6, 6.07) is -0.261. The highest BCUT2D eigenvalue weighted by Gasteiger charge is 2.24. The van der Waals surface area contributed by atoms with Gasteiger partial charge in [-0.15, -0.1) is 0 Å². The Morgan fingerprint density at radius 3 is 2.67 bits per heavy atom. The van der Waals surface area contributed by atoms with Gasteiger partial charge in [0.15, 0.2) is 0 Å². The first-order valence-corrected chi connectivity index (χ1v) is 5.44. The van der Waals surface area contributed by atoms with Crippen LogP contribution in [0, 0.1) is 0 Å². The van der Waals surface area contributed by atoms with Gasteiger partial charge in [0.2, 0.25) is 10.0 Å². The zero-order valence-corrected chi connectivity index (χ0v) is 8.36. The Labute approximate surface area is 85.8 Å². The summed E-state index contributed by atoms with van der Waals surface area (Å²) in [7, 11) is -3.90. The number of carbonyl (C=O) groups is 1. The average Bonchev–Trinajstić information content (AvgIpc) is 2.67. The fourth-order valence-corrected chi connectivity index (χ4v) is 2.05. The van der Waals surface area contributed by atoms with E-state index in [-0.39, 0.29) is 4.90 Å². The van der Waals surface area contributed by atoms with E-state index >= 15 is 0 Å². The second-order valence-corrected chi connectivity index (χ2v) is 4.46. The number of hydrogen-bond donors (Lipinski definition) is 4. The molecule has 7 nitrogen and oxygen atoms in total. The number of aromatic amines is 1. The summed E-state index contributed by atoms with van der Waals surface area (Å²) < 4.78 is 24.8. The maximum atomic E-state index is 11.5. The number of H-pyrrole nitrogens is 1. The molecule has 0 spiro atoms. The first-order valence-electron chi connectivity index (χ1n) is 3.96. The summed E-state index contributed by atoms with van der Waals surface area (Å²) in [5, 5.41) is 17.2. The van der Waals surface area contributed by atoms with Crippen LogP contribution in [0.25, 0.3) is 0 Å². The van der Waals surface area contributed by atoms with Crippen LogP contribution in [0.1, 0.15) is 0 Å². The highest BCUT2D eigenvalue weighted by atomic mass is 32.2. The van der Waals surface area contributed by atoms with Crippen LogP contribution in [0.2, 0.25) is 0 Å². The number of rotatable bonds is 5. The number of carboxylic acids is 1. The molecule has 4 N–H and O–H groups in total. The van der Waals surface area contributed by atoms with E-state index < -0.39 is 28.6 Å². The number of aromatic nitrogens is 1. The molecular weight excluding hydrogens is 224 g/mol. The third-order valence-corrected chi connectivity index (χ3v) is 3.13. The number of sulfonamides is 1. The van der Waals surface area contributed by atoms with Crippen molar-refractivity contribution in [3.8, 4) is 0 Å². The molecule has 1 aromatic rings. The van der Waals surface area contributed by atoms with Crippen LogP contribution in [0.15, 0.2) is 23.4 Å². The number of aliphatic carboxylic acids is 1. The summed E-state index contributed by atoms with van der Waals surface area (Å²) in [6.45, 7) is -0.807. The maximum Gasteiger partial charge on any atom is 0.324 e. The van der Waals surface area contributed by atoms with Crippen molar-refractivity contribution in [2.45, 2.75) is 10.9 Å². The van der Waals surface area contributed by atoms with Gasteiger partial charge in [-0.3, -0.25) is 4.79 Å². The minimum Gasteiger partial charge on any atom is -0.480 e. The molecule has 0 saturated carbocycles. The Morgan fingerprint density at radius 1 is 1.60 bits per heavy atom. The van der Waals surface area contributed by atoms with Gasteiger partial charge in [0.05, 0.1) is 11.5 Å². The predicted molar refractivity (Wildman–Crippen MR) is 49.6 cm³/mol. The van der Waals surface area contributed by atoms with Gasteiger partial charge in [-0.25, -0.2) is 8.42 Å². The quantitative estimate of drug-likeness (QED) is 0.507. The summed E-state index contributed by atoms with van der Waals surface area (Å²) in [5.41, 5.74) is 0. The van der Waals surface area contributed by atoms with Gasteiger partial charge in [-0.2, -0.15) is 4.72 Å². The minimum absolute atomic E-state index is 0.0813. The lowest BCUT2D eigenvalue weighted by Crippen LogP contribution is -2.43. The molecule has 8 heteroatoms. The molecular formula is C7H10N2O5S. The van der Waals surface area contributed by atoms with E-state index in [1.807, 2.05) is 4.72 Å². The number of hydrogen-bond acceptors (Lipinski definition) is 4. The molecule has 0 aromatic carbocycles. The Hall–Kier alpha value is -1.38. The summed E-state index contributed by atoms with van der Waals surface area (Å²) in [5.74, 6) is -1.43. The van der Waals surface area contributed by atoms with Gasteiger partial charge in [0, 0.05) is 12.4 Å². The fourth-order valence-electron chi connectivity index (χ4n) is 0.897. The molecule has 0 unspecified atom stereocenters. The third-order valence-electron chi connectivity index (χ3n) is 1.66. The average molecular weight is 234 g/mol. The Morgan fingerprint density at radius 2 is 2.27 bits per heavy atom. The predicted octanol–water partition coefficient (Wildman–Crippen LogP) is -1.26. The lowest BCUT2D eigenvalue weighted by molar-refractivity contribution is -0.139. The molecule has 0 radical (unpaired) electrons. The Kier molecular flexibility index (Phi) is 3.45. The maximum absolute atomic E-state index is 11.5. The normalized spacial score (nSPS) is 13.7.